The van der Waals surface area contributed by atoms with Crippen molar-refractivity contribution in [1.82, 2.24) is 0 Å². The van der Waals surface area contributed by atoms with E-state index in [2.05, 4.69) is 0 Å². The van der Waals surface area contributed by atoms with Crippen molar-refractivity contribution in [2.45, 2.75) is 38.3 Å². The van der Waals surface area contributed by atoms with Crippen molar-refractivity contribution in [2.24, 2.45) is 0 Å². The Morgan fingerprint density at radius 2 is 1.60 bits per heavy atom. The van der Waals surface area contributed by atoms with Gasteiger partial charge in [0.25, 0.3) is 0 Å². The summed E-state index contributed by atoms with van der Waals surface area (Å²) < 4.78 is 39.4. The van der Waals surface area contributed by atoms with E-state index in [9.17, 15) is 18.0 Å². The molecular formula is C11H11F3O. The van der Waals surface area contributed by atoms with Crippen LogP contribution in [-0.2, 0) is 4.79 Å². The van der Waals surface area contributed by atoms with Gasteiger partial charge in [0.05, 0.1) is 0 Å². The summed E-state index contributed by atoms with van der Waals surface area (Å²) in [7, 11) is 0. The molecule has 0 aromatic rings. The highest BCUT2D eigenvalue weighted by Gasteiger charge is 2.37. The molecule has 0 N–H and O–H groups in total. The fourth-order valence-electron chi connectivity index (χ4n) is 2.12. The fraction of sp³-hybridized carbons (Fsp3) is 0.545. The van der Waals surface area contributed by atoms with Gasteiger partial charge >= 0.3 is 0 Å². The Morgan fingerprint density at radius 1 is 1.00 bits per heavy atom. The number of ketones is 1. The summed E-state index contributed by atoms with van der Waals surface area (Å²) in [5, 5.41) is 0. The summed E-state index contributed by atoms with van der Waals surface area (Å²) >= 11 is 0. The zero-order valence-electron chi connectivity index (χ0n) is 8.16. The van der Waals surface area contributed by atoms with Gasteiger partial charge in [-0.05, 0) is 31.3 Å². The molecular weight excluding hydrogens is 205 g/mol. The lowest BCUT2D eigenvalue weighted by Gasteiger charge is -2.18. The van der Waals surface area contributed by atoms with Gasteiger partial charge in [0, 0.05) is 5.57 Å². The van der Waals surface area contributed by atoms with Crippen molar-refractivity contribution in [2.75, 3.05) is 0 Å². The van der Waals surface area contributed by atoms with Gasteiger partial charge in [-0.2, -0.15) is 0 Å². The standard InChI is InChI=1S/C11H11F3O/c12-8-6-4-2-1-3-5-7(6)11(15)10(14)9(8)13/h10H,1-5H2. The van der Waals surface area contributed by atoms with Crippen molar-refractivity contribution < 1.29 is 18.0 Å². The highest BCUT2D eigenvalue weighted by molar-refractivity contribution is 6.03. The average Bonchev–Trinajstić information content (AvgIpc) is 2.48. The lowest BCUT2D eigenvalue weighted by Crippen LogP contribution is -2.24. The van der Waals surface area contributed by atoms with Crippen LogP contribution in [0.3, 0.4) is 0 Å². The van der Waals surface area contributed by atoms with Crippen molar-refractivity contribution in [3.8, 4) is 0 Å². The summed E-state index contributed by atoms with van der Waals surface area (Å²) in [6.07, 6.45) is 0.631. The molecule has 82 valence electrons. The number of allylic oxidation sites excluding steroid dienone is 4. The van der Waals surface area contributed by atoms with Crippen LogP contribution in [0.2, 0.25) is 0 Å². The van der Waals surface area contributed by atoms with E-state index in [1.54, 1.807) is 0 Å². The van der Waals surface area contributed by atoms with E-state index < -0.39 is 23.6 Å². The Kier molecular flexibility index (Phi) is 2.67. The molecule has 0 aliphatic heterocycles. The van der Waals surface area contributed by atoms with Gasteiger partial charge in [0.2, 0.25) is 6.17 Å². The van der Waals surface area contributed by atoms with Crippen molar-refractivity contribution in [1.29, 1.82) is 0 Å². The molecule has 0 amide bonds. The molecule has 4 heteroatoms. The molecule has 2 aliphatic carbocycles. The lowest BCUT2D eigenvalue weighted by molar-refractivity contribution is -0.120. The number of hydrogen-bond donors (Lipinski definition) is 0. The average molecular weight is 216 g/mol. The number of alkyl halides is 1. The Bertz CT molecular complexity index is 368. The zero-order valence-corrected chi connectivity index (χ0v) is 8.16. The summed E-state index contributed by atoms with van der Waals surface area (Å²) in [6.45, 7) is 0. The second-order valence-electron chi connectivity index (χ2n) is 3.91. The van der Waals surface area contributed by atoms with E-state index in [0.717, 1.165) is 19.3 Å². The summed E-state index contributed by atoms with van der Waals surface area (Å²) in [4.78, 5) is 11.4. The Hall–Kier alpha value is -1.06. The molecule has 0 aromatic carbocycles. The number of Topliss-reactive ketones (excluding diaryl/α,β-unsaturated/α-hetero) is 1. The molecule has 0 fully saturated rings. The SMILES string of the molecule is O=C1C2=C(CCCCC2)C(F)=C(F)C1F. The minimum atomic E-state index is -2.41. The van der Waals surface area contributed by atoms with Gasteiger partial charge in [0.1, 0.15) is 0 Å². The highest BCUT2D eigenvalue weighted by Crippen LogP contribution is 2.38. The van der Waals surface area contributed by atoms with Crippen LogP contribution in [0.15, 0.2) is 22.8 Å². The first-order valence-corrected chi connectivity index (χ1v) is 5.08. The number of carbonyl (C=O) groups is 1. The largest absolute Gasteiger partial charge is 0.291 e. The molecule has 1 unspecified atom stereocenters. The predicted molar refractivity (Wildman–Crippen MR) is 49.3 cm³/mol. The molecule has 1 nitrogen and oxygen atoms in total. The molecule has 2 aliphatic rings. The second-order valence-corrected chi connectivity index (χ2v) is 3.91. The van der Waals surface area contributed by atoms with Crippen LogP contribution < -0.4 is 0 Å². The minimum absolute atomic E-state index is 0.101. The summed E-state index contributed by atoms with van der Waals surface area (Å²) in [6, 6.07) is 0. The normalized spacial score (nSPS) is 27.9. The maximum atomic E-state index is 13.4. The van der Waals surface area contributed by atoms with Crippen LogP contribution in [0, 0.1) is 0 Å². The molecule has 0 spiro atoms. The maximum Gasteiger partial charge on any atom is 0.216 e. The first kappa shape index (κ1) is 10.5. The third-order valence-electron chi connectivity index (χ3n) is 2.94. The Labute approximate surface area is 85.7 Å². The van der Waals surface area contributed by atoms with Gasteiger partial charge in [0.15, 0.2) is 17.4 Å². The number of carbonyl (C=O) groups excluding carboxylic acids is 1. The first-order valence-electron chi connectivity index (χ1n) is 5.08. The molecule has 0 saturated carbocycles. The quantitative estimate of drug-likeness (QED) is 0.607. The number of halogens is 3. The molecule has 0 heterocycles. The molecule has 0 radical (unpaired) electrons. The van der Waals surface area contributed by atoms with Gasteiger partial charge in [-0.1, -0.05) is 6.42 Å². The van der Waals surface area contributed by atoms with E-state index in [0.29, 0.717) is 12.8 Å². The van der Waals surface area contributed by atoms with Crippen LogP contribution in [0.1, 0.15) is 32.1 Å². The number of hydrogen-bond acceptors (Lipinski definition) is 1. The van der Waals surface area contributed by atoms with E-state index in [1.165, 1.54) is 0 Å². The maximum absolute atomic E-state index is 13.4. The van der Waals surface area contributed by atoms with Gasteiger partial charge in [-0.15, -0.1) is 0 Å². The van der Waals surface area contributed by atoms with E-state index in [1.807, 2.05) is 0 Å². The smallest absolute Gasteiger partial charge is 0.216 e. The van der Waals surface area contributed by atoms with E-state index >= 15 is 0 Å². The molecule has 1 atom stereocenters. The Balaban J connectivity index is 2.47. The number of rotatable bonds is 0. The molecule has 15 heavy (non-hydrogen) atoms. The first-order chi connectivity index (χ1) is 7.13. The fourth-order valence-corrected chi connectivity index (χ4v) is 2.12. The minimum Gasteiger partial charge on any atom is -0.291 e. The van der Waals surface area contributed by atoms with Gasteiger partial charge < -0.3 is 0 Å². The Morgan fingerprint density at radius 3 is 2.27 bits per heavy atom. The van der Waals surface area contributed by atoms with E-state index in [4.69, 9.17) is 0 Å². The van der Waals surface area contributed by atoms with Crippen molar-refractivity contribution in [3.63, 3.8) is 0 Å². The zero-order chi connectivity index (χ0) is 11.0. The van der Waals surface area contributed by atoms with Crippen LogP contribution in [0.25, 0.3) is 0 Å². The van der Waals surface area contributed by atoms with Gasteiger partial charge in [-0.3, -0.25) is 4.79 Å². The molecule has 0 saturated heterocycles. The lowest BCUT2D eigenvalue weighted by atomic mass is 9.90. The van der Waals surface area contributed by atoms with Crippen LogP contribution in [0.5, 0.6) is 0 Å². The summed E-state index contributed by atoms with van der Waals surface area (Å²) in [5.74, 6) is -3.56. The third kappa shape index (κ3) is 1.62. The van der Waals surface area contributed by atoms with Crippen molar-refractivity contribution >= 4 is 5.78 Å². The predicted octanol–water partition coefficient (Wildman–Crippen LogP) is 3.32. The topological polar surface area (TPSA) is 17.1 Å². The van der Waals surface area contributed by atoms with Crippen LogP contribution in [0.4, 0.5) is 13.2 Å². The molecule has 0 bridgehead atoms. The van der Waals surface area contributed by atoms with Gasteiger partial charge in [-0.25, -0.2) is 13.2 Å². The third-order valence-corrected chi connectivity index (χ3v) is 2.94. The summed E-state index contributed by atoms with van der Waals surface area (Å²) in [5.41, 5.74) is 0.266. The molecule has 0 aromatic heterocycles. The van der Waals surface area contributed by atoms with E-state index in [-0.39, 0.29) is 11.1 Å². The monoisotopic (exact) mass is 216 g/mol. The van der Waals surface area contributed by atoms with Crippen LogP contribution in [-0.4, -0.2) is 12.0 Å². The highest BCUT2D eigenvalue weighted by atomic mass is 19.2. The molecule has 2 rings (SSSR count). The second kappa shape index (κ2) is 3.83. The van der Waals surface area contributed by atoms with Crippen LogP contribution >= 0.6 is 0 Å². The van der Waals surface area contributed by atoms with Crippen molar-refractivity contribution in [3.05, 3.63) is 22.8 Å².